The third-order valence-electron chi connectivity index (χ3n) is 6.04. The normalized spacial score (nSPS) is 26.2. The summed E-state index contributed by atoms with van der Waals surface area (Å²) in [5.41, 5.74) is 7.18. The molecule has 138 valence electrons. The van der Waals surface area contributed by atoms with Crippen LogP contribution in [-0.4, -0.2) is 30.8 Å². The monoisotopic (exact) mass is 355 g/mol. The molecule has 2 aliphatic heterocycles. The van der Waals surface area contributed by atoms with Crippen LogP contribution in [-0.2, 0) is 9.59 Å². The number of anilines is 2. The lowest BCUT2D eigenvalue weighted by Crippen LogP contribution is -2.35. The molecule has 1 aliphatic carbocycles. The van der Waals surface area contributed by atoms with Crippen LogP contribution >= 0.6 is 0 Å². The number of carbonyl (C=O) groups is 3. The second-order valence-electron chi connectivity index (χ2n) is 7.62. The van der Waals surface area contributed by atoms with Crippen LogP contribution in [0.4, 0.5) is 11.4 Å². The van der Waals surface area contributed by atoms with Crippen molar-refractivity contribution >= 4 is 29.1 Å². The van der Waals surface area contributed by atoms with Crippen LogP contribution in [0.3, 0.4) is 0 Å². The van der Waals surface area contributed by atoms with Gasteiger partial charge in [-0.25, -0.2) is 4.90 Å². The molecule has 1 aromatic carbocycles. The molecule has 6 nitrogen and oxygen atoms in total. The minimum atomic E-state index is -0.548. The Morgan fingerprint density at radius 2 is 1.50 bits per heavy atom. The van der Waals surface area contributed by atoms with Crippen molar-refractivity contribution in [2.24, 2.45) is 17.6 Å². The SMILES string of the molecule is NC(=O)c1ccc(N2CCCCC2)c(N2C(=O)[C@H]3CCCC[C@H]3C2=O)c1. The van der Waals surface area contributed by atoms with Crippen LogP contribution in [0.25, 0.3) is 0 Å². The Balaban J connectivity index is 1.78. The largest absolute Gasteiger partial charge is 0.370 e. The topological polar surface area (TPSA) is 83.7 Å². The van der Waals surface area contributed by atoms with Gasteiger partial charge in [0.25, 0.3) is 0 Å². The number of rotatable bonds is 3. The summed E-state index contributed by atoms with van der Waals surface area (Å²) in [4.78, 5) is 41.3. The number of hydrogen-bond donors (Lipinski definition) is 1. The summed E-state index contributed by atoms with van der Waals surface area (Å²) in [5, 5.41) is 0. The van der Waals surface area contributed by atoms with Crippen molar-refractivity contribution in [3.8, 4) is 0 Å². The maximum absolute atomic E-state index is 13.0. The first-order valence-corrected chi connectivity index (χ1v) is 9.64. The molecule has 2 atom stereocenters. The van der Waals surface area contributed by atoms with Crippen molar-refractivity contribution in [2.45, 2.75) is 44.9 Å². The Morgan fingerprint density at radius 3 is 2.08 bits per heavy atom. The van der Waals surface area contributed by atoms with Crippen molar-refractivity contribution in [3.63, 3.8) is 0 Å². The average Bonchev–Trinajstić information content (AvgIpc) is 2.93. The predicted molar refractivity (Wildman–Crippen MR) is 99.0 cm³/mol. The number of carbonyl (C=O) groups excluding carboxylic acids is 3. The van der Waals surface area contributed by atoms with Crippen molar-refractivity contribution in [1.29, 1.82) is 0 Å². The zero-order valence-electron chi connectivity index (χ0n) is 14.9. The number of primary amides is 1. The minimum Gasteiger partial charge on any atom is -0.370 e. The zero-order chi connectivity index (χ0) is 18.3. The molecule has 26 heavy (non-hydrogen) atoms. The lowest BCUT2D eigenvalue weighted by molar-refractivity contribution is -0.122. The van der Waals surface area contributed by atoms with E-state index in [-0.39, 0.29) is 23.7 Å². The number of fused-ring (bicyclic) bond motifs is 1. The molecule has 0 unspecified atom stereocenters. The minimum absolute atomic E-state index is 0.112. The third kappa shape index (κ3) is 2.77. The molecule has 6 heteroatoms. The van der Waals surface area contributed by atoms with E-state index in [2.05, 4.69) is 4.90 Å². The highest BCUT2D eigenvalue weighted by Crippen LogP contribution is 2.43. The van der Waals surface area contributed by atoms with Crippen LogP contribution in [0, 0.1) is 11.8 Å². The smallest absolute Gasteiger partial charge is 0.248 e. The summed E-state index contributed by atoms with van der Waals surface area (Å²) in [5.74, 6) is -1.18. The summed E-state index contributed by atoms with van der Waals surface area (Å²) in [6, 6.07) is 5.15. The van der Waals surface area contributed by atoms with E-state index in [9.17, 15) is 14.4 Å². The summed E-state index contributed by atoms with van der Waals surface area (Å²) in [6.07, 6.45) is 6.91. The molecule has 0 spiro atoms. The molecule has 3 fully saturated rings. The fourth-order valence-corrected chi connectivity index (χ4v) is 4.66. The van der Waals surface area contributed by atoms with E-state index in [1.165, 1.54) is 11.3 Å². The number of amides is 3. The average molecular weight is 355 g/mol. The first-order valence-electron chi connectivity index (χ1n) is 9.64. The summed E-state index contributed by atoms with van der Waals surface area (Å²) in [6.45, 7) is 1.79. The van der Waals surface area contributed by atoms with E-state index >= 15 is 0 Å². The third-order valence-corrected chi connectivity index (χ3v) is 6.04. The Labute approximate surface area is 153 Å². The van der Waals surface area contributed by atoms with Gasteiger partial charge in [0.1, 0.15) is 0 Å². The second kappa shape index (κ2) is 6.74. The molecule has 1 aromatic rings. The van der Waals surface area contributed by atoms with E-state index in [0.717, 1.165) is 57.3 Å². The van der Waals surface area contributed by atoms with E-state index < -0.39 is 5.91 Å². The van der Waals surface area contributed by atoms with Crippen LogP contribution < -0.4 is 15.5 Å². The van der Waals surface area contributed by atoms with Gasteiger partial charge in [0.15, 0.2) is 0 Å². The maximum Gasteiger partial charge on any atom is 0.248 e. The molecule has 2 heterocycles. The quantitative estimate of drug-likeness (QED) is 0.844. The van der Waals surface area contributed by atoms with Gasteiger partial charge in [-0.15, -0.1) is 0 Å². The number of piperidine rings is 1. The molecule has 0 bridgehead atoms. The molecule has 2 saturated heterocycles. The van der Waals surface area contributed by atoms with Crippen LogP contribution in [0.2, 0.25) is 0 Å². The van der Waals surface area contributed by atoms with Crippen LogP contribution in [0.15, 0.2) is 18.2 Å². The molecule has 3 aliphatic rings. The lowest BCUT2D eigenvalue weighted by atomic mass is 9.81. The van der Waals surface area contributed by atoms with Gasteiger partial charge < -0.3 is 10.6 Å². The number of hydrogen-bond acceptors (Lipinski definition) is 4. The molecule has 0 aromatic heterocycles. The molecule has 2 N–H and O–H groups in total. The molecule has 3 amide bonds. The highest BCUT2D eigenvalue weighted by molar-refractivity contribution is 6.23. The van der Waals surface area contributed by atoms with Crippen molar-refractivity contribution in [1.82, 2.24) is 0 Å². The number of nitrogens with two attached hydrogens (primary N) is 1. The summed E-state index contributed by atoms with van der Waals surface area (Å²) >= 11 is 0. The lowest BCUT2D eigenvalue weighted by Gasteiger charge is -2.32. The van der Waals surface area contributed by atoms with Crippen molar-refractivity contribution < 1.29 is 14.4 Å². The van der Waals surface area contributed by atoms with Gasteiger partial charge in [-0.2, -0.15) is 0 Å². The standard InChI is InChI=1S/C20H25N3O3/c21-18(24)13-8-9-16(22-10-4-1-5-11-22)17(12-13)23-19(25)14-6-2-3-7-15(14)20(23)26/h8-9,12,14-15H,1-7,10-11H2,(H2,21,24)/t14-,15+. The van der Waals surface area contributed by atoms with E-state index in [0.29, 0.717) is 11.3 Å². The Hall–Kier alpha value is -2.37. The summed E-state index contributed by atoms with van der Waals surface area (Å²) in [7, 11) is 0. The number of benzene rings is 1. The van der Waals surface area contributed by atoms with Crippen LogP contribution in [0.5, 0.6) is 0 Å². The highest BCUT2D eigenvalue weighted by Gasteiger charge is 2.49. The van der Waals surface area contributed by atoms with Gasteiger partial charge in [0.05, 0.1) is 23.2 Å². The van der Waals surface area contributed by atoms with Crippen molar-refractivity contribution in [2.75, 3.05) is 22.9 Å². The summed E-state index contributed by atoms with van der Waals surface area (Å²) < 4.78 is 0. The first kappa shape index (κ1) is 17.1. The van der Waals surface area contributed by atoms with Gasteiger partial charge in [0.2, 0.25) is 17.7 Å². The predicted octanol–water partition coefficient (Wildman–Crippen LogP) is 2.46. The molecule has 1 saturated carbocycles. The Kier molecular flexibility index (Phi) is 4.42. The number of imide groups is 1. The molecule has 0 radical (unpaired) electrons. The highest BCUT2D eigenvalue weighted by atomic mass is 16.2. The Morgan fingerprint density at radius 1 is 0.885 bits per heavy atom. The van der Waals surface area contributed by atoms with Gasteiger partial charge in [-0.05, 0) is 50.3 Å². The Bertz CT molecular complexity index is 731. The first-order chi connectivity index (χ1) is 12.6. The van der Waals surface area contributed by atoms with Crippen LogP contribution in [0.1, 0.15) is 55.3 Å². The second-order valence-corrected chi connectivity index (χ2v) is 7.62. The van der Waals surface area contributed by atoms with E-state index in [1.54, 1.807) is 12.1 Å². The molecule has 4 rings (SSSR count). The van der Waals surface area contributed by atoms with Gasteiger partial charge in [-0.1, -0.05) is 12.8 Å². The van der Waals surface area contributed by atoms with Gasteiger partial charge in [-0.3, -0.25) is 14.4 Å². The molecular weight excluding hydrogens is 330 g/mol. The van der Waals surface area contributed by atoms with E-state index in [1.807, 2.05) is 6.07 Å². The zero-order valence-corrected chi connectivity index (χ0v) is 14.9. The fraction of sp³-hybridized carbons (Fsp3) is 0.550. The maximum atomic E-state index is 13.0. The fourth-order valence-electron chi connectivity index (χ4n) is 4.66. The van der Waals surface area contributed by atoms with Gasteiger partial charge in [0, 0.05) is 18.7 Å². The van der Waals surface area contributed by atoms with Gasteiger partial charge >= 0.3 is 0 Å². The van der Waals surface area contributed by atoms with Crippen molar-refractivity contribution in [3.05, 3.63) is 23.8 Å². The van der Waals surface area contributed by atoms with E-state index in [4.69, 9.17) is 5.73 Å². The molecular formula is C20H25N3O3. The number of nitrogens with zero attached hydrogens (tertiary/aromatic N) is 2.